The number of aromatic nitrogens is 3. The van der Waals surface area contributed by atoms with E-state index < -0.39 is 0 Å². The molecule has 0 fully saturated rings. The van der Waals surface area contributed by atoms with Gasteiger partial charge in [0.1, 0.15) is 6.33 Å². The molecule has 7 nitrogen and oxygen atoms in total. The van der Waals surface area contributed by atoms with Gasteiger partial charge in [-0.1, -0.05) is 49.4 Å². The SMILES string of the molecule is Cc1ccc(-n2cnnc2SCC(=O)NC(c2ccc3c(c2)OCCCO3)C(C)C)c(C)c1. The van der Waals surface area contributed by atoms with E-state index in [0.717, 1.165) is 34.7 Å². The first-order valence-electron chi connectivity index (χ1n) is 11.2. The monoisotopic (exact) mass is 466 g/mol. The van der Waals surface area contributed by atoms with Crippen molar-refractivity contribution in [2.75, 3.05) is 19.0 Å². The fraction of sp³-hybridized carbons (Fsp3) is 0.400. The number of carbonyl (C=O) groups is 1. The van der Waals surface area contributed by atoms with Crippen molar-refractivity contribution in [1.29, 1.82) is 0 Å². The molecule has 1 aliphatic rings. The molecule has 0 spiro atoms. The molecule has 1 aliphatic heterocycles. The van der Waals surface area contributed by atoms with Crippen molar-refractivity contribution in [3.8, 4) is 17.2 Å². The molecular weight excluding hydrogens is 436 g/mol. The van der Waals surface area contributed by atoms with Crippen LogP contribution in [-0.2, 0) is 4.79 Å². The summed E-state index contributed by atoms with van der Waals surface area (Å²) in [5.41, 5.74) is 4.36. The van der Waals surface area contributed by atoms with Gasteiger partial charge in [0.05, 0.1) is 30.7 Å². The van der Waals surface area contributed by atoms with Crippen molar-refractivity contribution in [2.45, 2.75) is 45.3 Å². The van der Waals surface area contributed by atoms with E-state index in [0.29, 0.717) is 18.4 Å². The van der Waals surface area contributed by atoms with E-state index in [1.54, 1.807) is 6.33 Å². The number of hydrogen-bond acceptors (Lipinski definition) is 6. The zero-order valence-electron chi connectivity index (χ0n) is 19.5. The molecule has 0 aliphatic carbocycles. The summed E-state index contributed by atoms with van der Waals surface area (Å²) >= 11 is 1.38. The number of nitrogens with one attached hydrogen (secondary N) is 1. The Morgan fingerprint density at radius 1 is 1.12 bits per heavy atom. The van der Waals surface area contributed by atoms with E-state index in [1.165, 1.54) is 17.3 Å². The van der Waals surface area contributed by atoms with Crippen LogP contribution in [0.25, 0.3) is 5.69 Å². The molecule has 1 aromatic heterocycles. The van der Waals surface area contributed by atoms with Gasteiger partial charge in [0.15, 0.2) is 16.7 Å². The molecule has 1 amide bonds. The molecule has 3 aromatic rings. The first kappa shape index (κ1) is 23.2. The second-order valence-electron chi connectivity index (χ2n) is 8.61. The van der Waals surface area contributed by atoms with Gasteiger partial charge in [-0.15, -0.1) is 10.2 Å². The molecule has 33 heavy (non-hydrogen) atoms. The Labute approximate surface area is 198 Å². The van der Waals surface area contributed by atoms with Gasteiger partial charge in [0, 0.05) is 6.42 Å². The number of aryl methyl sites for hydroxylation is 2. The van der Waals surface area contributed by atoms with E-state index >= 15 is 0 Å². The lowest BCUT2D eigenvalue weighted by atomic mass is 9.95. The van der Waals surface area contributed by atoms with Crippen molar-refractivity contribution in [3.05, 3.63) is 59.4 Å². The Bertz CT molecular complexity index is 1130. The summed E-state index contributed by atoms with van der Waals surface area (Å²) in [6.07, 6.45) is 2.55. The predicted molar refractivity (Wildman–Crippen MR) is 129 cm³/mol. The fourth-order valence-corrected chi connectivity index (χ4v) is 4.65. The summed E-state index contributed by atoms with van der Waals surface area (Å²) < 4.78 is 13.5. The van der Waals surface area contributed by atoms with Crippen LogP contribution in [-0.4, -0.2) is 39.6 Å². The molecular formula is C25H30N4O3S. The smallest absolute Gasteiger partial charge is 0.230 e. The average molecular weight is 467 g/mol. The van der Waals surface area contributed by atoms with E-state index in [2.05, 4.69) is 61.4 Å². The number of amides is 1. The molecule has 1 atom stereocenters. The Hall–Kier alpha value is -3.00. The lowest BCUT2D eigenvalue weighted by Gasteiger charge is -2.24. The van der Waals surface area contributed by atoms with Gasteiger partial charge in [0.2, 0.25) is 5.91 Å². The molecule has 0 saturated carbocycles. The van der Waals surface area contributed by atoms with Crippen molar-refractivity contribution < 1.29 is 14.3 Å². The third-order valence-electron chi connectivity index (χ3n) is 5.57. The predicted octanol–water partition coefficient (Wildman–Crippen LogP) is 4.65. The number of ether oxygens (including phenoxy) is 2. The van der Waals surface area contributed by atoms with Gasteiger partial charge in [-0.3, -0.25) is 9.36 Å². The molecule has 2 aromatic carbocycles. The maximum atomic E-state index is 12.9. The highest BCUT2D eigenvalue weighted by molar-refractivity contribution is 7.99. The minimum absolute atomic E-state index is 0.0546. The Balaban J connectivity index is 1.44. The van der Waals surface area contributed by atoms with Crippen LogP contribution >= 0.6 is 11.8 Å². The van der Waals surface area contributed by atoms with E-state index in [9.17, 15) is 4.79 Å². The van der Waals surface area contributed by atoms with Crippen molar-refractivity contribution in [3.63, 3.8) is 0 Å². The number of hydrogen-bond donors (Lipinski definition) is 1. The molecule has 174 valence electrons. The molecule has 4 rings (SSSR count). The maximum Gasteiger partial charge on any atom is 0.230 e. The number of thioether (sulfide) groups is 1. The quantitative estimate of drug-likeness (QED) is 0.511. The zero-order chi connectivity index (χ0) is 23.4. The Morgan fingerprint density at radius 3 is 2.67 bits per heavy atom. The number of fused-ring (bicyclic) bond motifs is 1. The van der Waals surface area contributed by atoms with Crippen LogP contribution in [0.3, 0.4) is 0 Å². The van der Waals surface area contributed by atoms with Crippen molar-refractivity contribution >= 4 is 17.7 Å². The molecule has 1 N–H and O–H groups in total. The summed E-state index contributed by atoms with van der Waals surface area (Å²) in [7, 11) is 0. The summed E-state index contributed by atoms with van der Waals surface area (Å²) in [6.45, 7) is 9.60. The van der Waals surface area contributed by atoms with E-state index in [4.69, 9.17) is 9.47 Å². The topological polar surface area (TPSA) is 78.3 Å². The van der Waals surface area contributed by atoms with Crippen LogP contribution < -0.4 is 14.8 Å². The van der Waals surface area contributed by atoms with Crippen LogP contribution in [0.2, 0.25) is 0 Å². The highest BCUT2D eigenvalue weighted by atomic mass is 32.2. The molecule has 2 heterocycles. The third-order valence-corrected chi connectivity index (χ3v) is 6.52. The summed E-state index contributed by atoms with van der Waals surface area (Å²) in [5, 5.41) is 12.2. The number of nitrogens with zero attached hydrogens (tertiary/aromatic N) is 3. The molecule has 0 bridgehead atoms. The average Bonchev–Trinajstić information content (AvgIpc) is 3.11. The number of carbonyl (C=O) groups excluding carboxylic acids is 1. The van der Waals surface area contributed by atoms with Crippen molar-refractivity contribution in [2.24, 2.45) is 5.92 Å². The Morgan fingerprint density at radius 2 is 1.91 bits per heavy atom. The largest absolute Gasteiger partial charge is 0.490 e. The first-order valence-corrected chi connectivity index (χ1v) is 12.2. The van der Waals surface area contributed by atoms with Crippen LogP contribution in [0.15, 0.2) is 47.9 Å². The van der Waals surface area contributed by atoms with E-state index in [-0.39, 0.29) is 23.6 Å². The number of benzene rings is 2. The van der Waals surface area contributed by atoms with Gasteiger partial charge in [-0.2, -0.15) is 0 Å². The lowest BCUT2D eigenvalue weighted by molar-refractivity contribution is -0.119. The van der Waals surface area contributed by atoms with Crippen LogP contribution in [0.5, 0.6) is 11.5 Å². The number of rotatable bonds is 7. The van der Waals surface area contributed by atoms with Gasteiger partial charge >= 0.3 is 0 Å². The molecule has 8 heteroatoms. The third kappa shape index (κ3) is 5.50. The van der Waals surface area contributed by atoms with Crippen LogP contribution in [0.4, 0.5) is 0 Å². The fourth-order valence-electron chi connectivity index (χ4n) is 3.92. The normalized spacial score (nSPS) is 14.1. The summed E-state index contributed by atoms with van der Waals surface area (Å²) in [6, 6.07) is 12.0. The van der Waals surface area contributed by atoms with Gasteiger partial charge in [0.25, 0.3) is 0 Å². The summed E-state index contributed by atoms with van der Waals surface area (Å²) in [4.78, 5) is 12.9. The highest BCUT2D eigenvalue weighted by Crippen LogP contribution is 2.34. The zero-order valence-corrected chi connectivity index (χ0v) is 20.3. The van der Waals surface area contributed by atoms with Crippen LogP contribution in [0.1, 0.15) is 43.0 Å². The molecule has 0 saturated heterocycles. The maximum absolute atomic E-state index is 12.9. The summed E-state index contributed by atoms with van der Waals surface area (Å²) in [5.74, 6) is 1.90. The second-order valence-corrected chi connectivity index (χ2v) is 9.55. The van der Waals surface area contributed by atoms with Gasteiger partial charge < -0.3 is 14.8 Å². The first-order chi connectivity index (χ1) is 15.9. The molecule has 0 radical (unpaired) electrons. The standard InChI is InChI=1S/C25H30N4O3S/c1-16(2)24(19-7-9-21-22(13-19)32-11-5-10-31-21)27-23(30)14-33-25-28-26-15-29(25)20-8-6-17(3)12-18(20)4/h6-9,12-13,15-16,24H,5,10-11,14H2,1-4H3,(H,27,30). The Kier molecular flexibility index (Phi) is 7.23. The highest BCUT2D eigenvalue weighted by Gasteiger charge is 2.22. The minimum Gasteiger partial charge on any atom is -0.490 e. The van der Waals surface area contributed by atoms with Gasteiger partial charge in [-0.25, -0.2) is 0 Å². The van der Waals surface area contributed by atoms with Gasteiger partial charge in [-0.05, 0) is 49.1 Å². The lowest BCUT2D eigenvalue weighted by Crippen LogP contribution is -2.33. The minimum atomic E-state index is -0.132. The van der Waals surface area contributed by atoms with Crippen molar-refractivity contribution in [1.82, 2.24) is 20.1 Å². The van der Waals surface area contributed by atoms with Crippen LogP contribution in [0, 0.1) is 19.8 Å². The second kappa shape index (κ2) is 10.3. The van der Waals surface area contributed by atoms with E-state index in [1.807, 2.05) is 22.8 Å². The molecule has 1 unspecified atom stereocenters.